The summed E-state index contributed by atoms with van der Waals surface area (Å²) in [6.07, 6.45) is 2.67. The smallest absolute Gasteiger partial charge is 0.265 e. The van der Waals surface area contributed by atoms with Crippen LogP contribution in [0.4, 0.5) is 0 Å². The molecule has 2 heterocycles. The van der Waals surface area contributed by atoms with E-state index >= 15 is 0 Å². The van der Waals surface area contributed by atoms with Crippen LogP contribution in [0.5, 0.6) is 0 Å². The van der Waals surface area contributed by atoms with E-state index in [2.05, 4.69) is 16.9 Å². The van der Waals surface area contributed by atoms with Gasteiger partial charge >= 0.3 is 0 Å². The van der Waals surface area contributed by atoms with Gasteiger partial charge in [0, 0.05) is 19.3 Å². The van der Waals surface area contributed by atoms with Gasteiger partial charge in [-0.3, -0.25) is 9.78 Å². The highest BCUT2D eigenvalue weighted by Crippen LogP contribution is 2.27. The van der Waals surface area contributed by atoms with Crippen LogP contribution >= 0.6 is 11.3 Å². The molecule has 2 aromatic rings. The third-order valence-electron chi connectivity index (χ3n) is 3.45. The number of thiazole rings is 1. The molecule has 0 aliphatic rings. The predicted octanol–water partition coefficient (Wildman–Crippen LogP) is 3.38. The van der Waals surface area contributed by atoms with Gasteiger partial charge in [-0.25, -0.2) is 4.98 Å². The molecule has 0 saturated heterocycles. The highest BCUT2D eigenvalue weighted by atomic mass is 32.1. The number of aromatic nitrogens is 2. The van der Waals surface area contributed by atoms with Gasteiger partial charge in [-0.2, -0.15) is 0 Å². The fourth-order valence-corrected chi connectivity index (χ4v) is 2.85. The molecule has 0 fully saturated rings. The summed E-state index contributed by atoms with van der Waals surface area (Å²) >= 11 is 1.41. The second-order valence-electron chi connectivity index (χ2n) is 4.82. The van der Waals surface area contributed by atoms with Gasteiger partial charge in [0.25, 0.3) is 5.91 Å². The summed E-state index contributed by atoms with van der Waals surface area (Å²) in [4.78, 5) is 23.7. The average molecular weight is 289 g/mol. The molecule has 0 saturated carbocycles. The van der Waals surface area contributed by atoms with Crippen LogP contribution in [0, 0.1) is 6.92 Å². The van der Waals surface area contributed by atoms with Crippen LogP contribution in [0.25, 0.3) is 10.7 Å². The Bertz CT molecular complexity index is 594. The number of hydrogen-bond donors (Lipinski definition) is 0. The van der Waals surface area contributed by atoms with Crippen molar-refractivity contribution < 1.29 is 4.79 Å². The van der Waals surface area contributed by atoms with Crippen LogP contribution < -0.4 is 0 Å². The lowest BCUT2D eigenvalue weighted by Crippen LogP contribution is -2.34. The second kappa shape index (κ2) is 6.13. The van der Waals surface area contributed by atoms with E-state index in [4.69, 9.17) is 0 Å². The van der Waals surface area contributed by atoms with E-state index in [0.29, 0.717) is 4.88 Å². The molecule has 106 valence electrons. The lowest BCUT2D eigenvalue weighted by Gasteiger charge is -2.23. The standard InChI is InChI=1S/C15H19N3OS/c1-5-10(2)18(4)15(19)13-11(3)17-14(20-13)12-8-6-7-9-16-12/h6-10H,5H2,1-4H3. The molecule has 0 bridgehead atoms. The maximum atomic E-state index is 12.5. The molecule has 1 atom stereocenters. The van der Waals surface area contributed by atoms with Crippen LogP contribution in [0.3, 0.4) is 0 Å². The van der Waals surface area contributed by atoms with Gasteiger partial charge in [-0.05, 0) is 32.4 Å². The maximum Gasteiger partial charge on any atom is 0.265 e. The Morgan fingerprint density at radius 3 is 2.80 bits per heavy atom. The zero-order valence-electron chi connectivity index (χ0n) is 12.3. The van der Waals surface area contributed by atoms with Gasteiger partial charge in [-0.1, -0.05) is 13.0 Å². The molecule has 0 aliphatic carbocycles. The quantitative estimate of drug-likeness (QED) is 0.866. The SMILES string of the molecule is CCC(C)N(C)C(=O)c1sc(-c2ccccn2)nc1C. The fraction of sp³-hybridized carbons (Fsp3) is 0.400. The Balaban J connectivity index is 2.31. The summed E-state index contributed by atoms with van der Waals surface area (Å²) in [7, 11) is 1.84. The predicted molar refractivity (Wildman–Crippen MR) is 81.9 cm³/mol. The number of carbonyl (C=O) groups excluding carboxylic acids is 1. The van der Waals surface area contributed by atoms with Gasteiger partial charge in [0.15, 0.2) is 0 Å². The minimum absolute atomic E-state index is 0.0385. The molecule has 0 aliphatic heterocycles. The molecule has 2 aromatic heterocycles. The highest BCUT2D eigenvalue weighted by molar-refractivity contribution is 7.17. The van der Waals surface area contributed by atoms with Gasteiger partial charge < -0.3 is 4.90 Å². The lowest BCUT2D eigenvalue weighted by atomic mass is 10.2. The van der Waals surface area contributed by atoms with Crippen LogP contribution in [0.2, 0.25) is 0 Å². The Morgan fingerprint density at radius 2 is 2.20 bits per heavy atom. The maximum absolute atomic E-state index is 12.5. The molecule has 0 radical (unpaired) electrons. The van der Waals surface area contributed by atoms with Crippen LogP contribution in [-0.2, 0) is 0 Å². The number of pyridine rings is 1. The molecule has 0 aromatic carbocycles. The summed E-state index contributed by atoms with van der Waals surface area (Å²) in [6, 6.07) is 5.92. The topological polar surface area (TPSA) is 46.1 Å². The number of aryl methyl sites for hydroxylation is 1. The van der Waals surface area contributed by atoms with Gasteiger partial charge in [0.05, 0.1) is 11.4 Å². The third kappa shape index (κ3) is 2.88. The minimum atomic E-state index is 0.0385. The Hall–Kier alpha value is -1.75. The molecule has 4 nitrogen and oxygen atoms in total. The molecule has 0 spiro atoms. The van der Waals surface area contributed by atoms with Crippen molar-refractivity contribution in [2.75, 3.05) is 7.05 Å². The van der Waals surface area contributed by atoms with Gasteiger partial charge in [0.2, 0.25) is 0 Å². The van der Waals surface area contributed by atoms with E-state index < -0.39 is 0 Å². The summed E-state index contributed by atoms with van der Waals surface area (Å²) < 4.78 is 0. The largest absolute Gasteiger partial charge is 0.338 e. The molecular weight excluding hydrogens is 270 g/mol. The third-order valence-corrected chi connectivity index (χ3v) is 4.62. The normalized spacial score (nSPS) is 12.2. The van der Waals surface area contributed by atoms with E-state index in [1.165, 1.54) is 11.3 Å². The Kier molecular flexibility index (Phi) is 4.49. The summed E-state index contributed by atoms with van der Waals surface area (Å²) in [5.74, 6) is 0.0385. The number of carbonyl (C=O) groups is 1. The molecule has 1 amide bonds. The number of rotatable bonds is 4. The first-order chi connectivity index (χ1) is 9.54. The first kappa shape index (κ1) is 14.7. The summed E-state index contributed by atoms with van der Waals surface area (Å²) in [5, 5.41) is 0.795. The molecule has 0 N–H and O–H groups in total. The molecular formula is C15H19N3OS. The first-order valence-electron chi connectivity index (χ1n) is 6.70. The van der Waals surface area contributed by atoms with Crippen molar-refractivity contribution in [3.63, 3.8) is 0 Å². The number of hydrogen-bond acceptors (Lipinski definition) is 4. The Morgan fingerprint density at radius 1 is 1.45 bits per heavy atom. The van der Waals surface area contributed by atoms with Crippen molar-refractivity contribution in [1.29, 1.82) is 0 Å². The number of amides is 1. The second-order valence-corrected chi connectivity index (χ2v) is 5.82. The molecule has 5 heteroatoms. The average Bonchev–Trinajstić information content (AvgIpc) is 2.87. The van der Waals surface area contributed by atoms with Gasteiger partial charge in [-0.15, -0.1) is 11.3 Å². The molecule has 20 heavy (non-hydrogen) atoms. The molecule has 1 unspecified atom stereocenters. The van der Waals surface area contributed by atoms with Crippen molar-refractivity contribution >= 4 is 17.2 Å². The zero-order chi connectivity index (χ0) is 14.7. The summed E-state index contributed by atoms with van der Waals surface area (Å²) in [6.45, 7) is 6.00. The number of nitrogens with zero attached hydrogens (tertiary/aromatic N) is 3. The van der Waals surface area contributed by atoms with Crippen molar-refractivity contribution in [3.8, 4) is 10.7 Å². The van der Waals surface area contributed by atoms with Crippen LogP contribution in [0.1, 0.15) is 35.6 Å². The van der Waals surface area contributed by atoms with Crippen molar-refractivity contribution in [2.24, 2.45) is 0 Å². The van der Waals surface area contributed by atoms with Crippen molar-refractivity contribution in [1.82, 2.24) is 14.9 Å². The summed E-state index contributed by atoms with van der Waals surface area (Å²) in [5.41, 5.74) is 1.58. The van der Waals surface area contributed by atoms with E-state index in [1.807, 2.05) is 39.1 Å². The van der Waals surface area contributed by atoms with Crippen molar-refractivity contribution in [2.45, 2.75) is 33.2 Å². The van der Waals surface area contributed by atoms with E-state index in [-0.39, 0.29) is 11.9 Å². The van der Waals surface area contributed by atoms with Crippen molar-refractivity contribution in [3.05, 3.63) is 35.0 Å². The van der Waals surface area contributed by atoms with E-state index in [1.54, 1.807) is 11.1 Å². The van der Waals surface area contributed by atoms with Crippen LogP contribution in [0.15, 0.2) is 24.4 Å². The first-order valence-corrected chi connectivity index (χ1v) is 7.52. The van der Waals surface area contributed by atoms with Crippen LogP contribution in [-0.4, -0.2) is 33.9 Å². The minimum Gasteiger partial charge on any atom is -0.338 e. The van der Waals surface area contributed by atoms with E-state index in [0.717, 1.165) is 22.8 Å². The highest BCUT2D eigenvalue weighted by Gasteiger charge is 2.22. The monoisotopic (exact) mass is 289 g/mol. The lowest BCUT2D eigenvalue weighted by molar-refractivity contribution is 0.0744. The Labute approximate surface area is 123 Å². The zero-order valence-corrected chi connectivity index (χ0v) is 13.1. The van der Waals surface area contributed by atoms with E-state index in [9.17, 15) is 4.79 Å². The fourth-order valence-electron chi connectivity index (χ4n) is 1.83. The van der Waals surface area contributed by atoms with Gasteiger partial charge in [0.1, 0.15) is 9.88 Å². The molecule has 2 rings (SSSR count).